The van der Waals surface area contributed by atoms with Gasteiger partial charge in [0.25, 0.3) is 0 Å². The first kappa shape index (κ1) is 18.4. The third kappa shape index (κ3) is 7.81. The van der Waals surface area contributed by atoms with Gasteiger partial charge in [-0.3, -0.25) is 0 Å². The maximum absolute atomic E-state index is 9.84. The van der Waals surface area contributed by atoms with Crippen molar-refractivity contribution in [1.82, 2.24) is 5.32 Å². The molecule has 0 saturated heterocycles. The Bertz CT molecular complexity index is 413. The van der Waals surface area contributed by atoms with E-state index < -0.39 is 6.10 Å². The summed E-state index contributed by atoms with van der Waals surface area (Å²) in [6, 6.07) is 5.90. The lowest BCUT2D eigenvalue weighted by Crippen LogP contribution is -2.25. The summed E-state index contributed by atoms with van der Waals surface area (Å²) in [6.07, 6.45) is 0.587. The van der Waals surface area contributed by atoms with Crippen molar-refractivity contribution in [3.05, 3.63) is 28.2 Å². The highest BCUT2D eigenvalue weighted by molar-refractivity contribution is 9.10. The summed E-state index contributed by atoms with van der Waals surface area (Å²) in [4.78, 5) is 0. The van der Waals surface area contributed by atoms with E-state index in [-0.39, 0.29) is 19.3 Å². The molecule has 0 spiro atoms. The highest BCUT2D eigenvalue weighted by Gasteiger charge is 2.10. The van der Waals surface area contributed by atoms with Gasteiger partial charge in [0.05, 0.1) is 12.7 Å². The fourth-order valence-electron chi connectivity index (χ4n) is 1.76. The highest BCUT2D eigenvalue weighted by Crippen LogP contribution is 2.23. The summed E-state index contributed by atoms with van der Waals surface area (Å²) in [5, 5.41) is 13.2. The average molecular weight is 360 g/mol. The van der Waals surface area contributed by atoms with Gasteiger partial charge >= 0.3 is 0 Å². The summed E-state index contributed by atoms with van der Waals surface area (Å²) in [5.41, 5.74) is 1.08. The molecule has 1 aromatic carbocycles. The molecule has 120 valence electrons. The van der Waals surface area contributed by atoms with Crippen molar-refractivity contribution in [3.63, 3.8) is 0 Å². The maximum Gasteiger partial charge on any atom is 0.124 e. The molecule has 0 saturated carbocycles. The van der Waals surface area contributed by atoms with Crippen LogP contribution in [0.15, 0.2) is 22.7 Å². The first-order valence-corrected chi connectivity index (χ1v) is 8.23. The molecule has 0 amide bonds. The van der Waals surface area contributed by atoms with E-state index in [1.54, 1.807) is 0 Å². The predicted octanol–water partition coefficient (Wildman–Crippen LogP) is 3.11. The monoisotopic (exact) mass is 359 g/mol. The van der Waals surface area contributed by atoms with E-state index >= 15 is 0 Å². The zero-order valence-electron chi connectivity index (χ0n) is 13.1. The molecule has 0 aliphatic carbocycles. The topological polar surface area (TPSA) is 50.7 Å². The fourth-order valence-corrected chi connectivity index (χ4v) is 2.17. The maximum atomic E-state index is 9.84. The predicted molar refractivity (Wildman–Crippen MR) is 88.7 cm³/mol. The second-order valence-corrected chi connectivity index (χ2v) is 6.19. The lowest BCUT2D eigenvalue weighted by atomic mass is 10.2. The molecular weight excluding hydrogens is 334 g/mol. The zero-order chi connectivity index (χ0) is 15.7. The van der Waals surface area contributed by atoms with Crippen LogP contribution >= 0.6 is 15.9 Å². The van der Waals surface area contributed by atoms with E-state index in [9.17, 15) is 5.11 Å². The minimum atomic E-state index is -0.618. The van der Waals surface area contributed by atoms with Crippen molar-refractivity contribution in [3.8, 4) is 5.75 Å². The highest BCUT2D eigenvalue weighted by atomic mass is 79.9. The quantitative estimate of drug-likeness (QED) is 0.630. The number of aliphatic hydroxyl groups excluding tert-OH is 1. The van der Waals surface area contributed by atoms with Crippen molar-refractivity contribution in [2.24, 2.45) is 0 Å². The van der Waals surface area contributed by atoms with Crippen LogP contribution in [0.3, 0.4) is 0 Å². The average Bonchev–Trinajstić information content (AvgIpc) is 2.44. The summed E-state index contributed by atoms with van der Waals surface area (Å²) in [6.45, 7) is 8.26. The number of benzene rings is 1. The van der Waals surface area contributed by atoms with Gasteiger partial charge in [0, 0.05) is 16.6 Å². The SMILES string of the molecule is CCCNCc1cc(Br)ccc1OCC(O)COC(C)C. The Balaban J connectivity index is 2.52. The van der Waals surface area contributed by atoms with Crippen LogP contribution in [0.4, 0.5) is 0 Å². The molecule has 0 aromatic heterocycles. The Morgan fingerprint density at radius 2 is 2.05 bits per heavy atom. The number of nitrogens with one attached hydrogen (secondary N) is 1. The van der Waals surface area contributed by atoms with Gasteiger partial charge in [-0.05, 0) is 45.0 Å². The number of hydrogen-bond donors (Lipinski definition) is 2. The van der Waals surface area contributed by atoms with Gasteiger partial charge in [-0.2, -0.15) is 0 Å². The van der Waals surface area contributed by atoms with Gasteiger partial charge in [0.2, 0.25) is 0 Å². The van der Waals surface area contributed by atoms with Gasteiger partial charge in [-0.15, -0.1) is 0 Å². The first-order valence-electron chi connectivity index (χ1n) is 7.44. The molecule has 0 heterocycles. The minimum Gasteiger partial charge on any atom is -0.490 e. The molecule has 1 rings (SSSR count). The molecule has 5 heteroatoms. The van der Waals surface area contributed by atoms with E-state index in [2.05, 4.69) is 28.2 Å². The summed E-state index contributed by atoms with van der Waals surface area (Å²) >= 11 is 3.47. The Hall–Kier alpha value is -0.620. The van der Waals surface area contributed by atoms with Gasteiger partial charge in [0.1, 0.15) is 18.5 Å². The molecule has 0 bridgehead atoms. The van der Waals surface area contributed by atoms with Crippen LogP contribution in [0.2, 0.25) is 0 Å². The Kier molecular flexibility index (Phi) is 8.92. The zero-order valence-corrected chi connectivity index (χ0v) is 14.6. The van der Waals surface area contributed by atoms with Crippen LogP contribution in [0, 0.1) is 0 Å². The van der Waals surface area contributed by atoms with Crippen LogP contribution in [0.5, 0.6) is 5.75 Å². The molecule has 0 aliphatic heterocycles. The smallest absolute Gasteiger partial charge is 0.124 e. The van der Waals surface area contributed by atoms with Crippen LogP contribution < -0.4 is 10.1 Å². The molecule has 2 N–H and O–H groups in total. The Labute approximate surface area is 136 Å². The molecule has 1 unspecified atom stereocenters. The van der Waals surface area contributed by atoms with E-state index in [1.165, 1.54) is 0 Å². The van der Waals surface area contributed by atoms with Crippen molar-refractivity contribution in [2.45, 2.75) is 45.9 Å². The summed E-state index contributed by atoms with van der Waals surface area (Å²) in [5.74, 6) is 0.797. The molecule has 4 nitrogen and oxygen atoms in total. The lowest BCUT2D eigenvalue weighted by Gasteiger charge is -2.17. The normalized spacial score (nSPS) is 12.7. The van der Waals surface area contributed by atoms with Gasteiger partial charge in [0.15, 0.2) is 0 Å². The van der Waals surface area contributed by atoms with E-state index in [4.69, 9.17) is 9.47 Å². The Morgan fingerprint density at radius 1 is 1.29 bits per heavy atom. The molecule has 21 heavy (non-hydrogen) atoms. The summed E-state index contributed by atoms with van der Waals surface area (Å²) < 4.78 is 12.1. The van der Waals surface area contributed by atoms with Crippen molar-refractivity contribution >= 4 is 15.9 Å². The number of aliphatic hydroxyl groups is 1. The third-order valence-corrected chi connectivity index (χ3v) is 3.31. The van der Waals surface area contributed by atoms with Crippen LogP contribution in [0.1, 0.15) is 32.8 Å². The number of halogens is 1. The van der Waals surface area contributed by atoms with Gasteiger partial charge < -0.3 is 19.9 Å². The molecular formula is C16H26BrNO3. The van der Waals surface area contributed by atoms with Crippen molar-refractivity contribution in [1.29, 1.82) is 0 Å². The van der Waals surface area contributed by atoms with Gasteiger partial charge in [-0.1, -0.05) is 22.9 Å². The molecule has 0 fully saturated rings. The number of rotatable bonds is 10. The number of ether oxygens (including phenoxy) is 2. The second kappa shape index (κ2) is 10.2. The molecule has 1 aromatic rings. The van der Waals surface area contributed by atoms with E-state index in [0.29, 0.717) is 0 Å². The fraction of sp³-hybridized carbons (Fsp3) is 0.625. The largest absolute Gasteiger partial charge is 0.490 e. The van der Waals surface area contributed by atoms with Crippen LogP contribution in [-0.4, -0.2) is 37.1 Å². The van der Waals surface area contributed by atoms with Gasteiger partial charge in [-0.25, -0.2) is 0 Å². The van der Waals surface area contributed by atoms with Crippen LogP contribution in [0.25, 0.3) is 0 Å². The van der Waals surface area contributed by atoms with E-state index in [1.807, 2.05) is 32.0 Å². The van der Waals surface area contributed by atoms with Crippen LogP contribution in [-0.2, 0) is 11.3 Å². The first-order chi connectivity index (χ1) is 10.0. The standard InChI is InChI=1S/C16H26BrNO3/c1-4-7-18-9-13-8-14(17)5-6-16(13)21-11-15(19)10-20-12(2)3/h5-6,8,12,15,18-19H,4,7,9-11H2,1-3H3. The summed E-state index contributed by atoms with van der Waals surface area (Å²) in [7, 11) is 0. The lowest BCUT2D eigenvalue weighted by molar-refractivity contribution is -0.0124. The van der Waals surface area contributed by atoms with Crippen molar-refractivity contribution in [2.75, 3.05) is 19.8 Å². The molecule has 0 radical (unpaired) electrons. The third-order valence-electron chi connectivity index (χ3n) is 2.82. The molecule has 1 atom stereocenters. The minimum absolute atomic E-state index is 0.112. The number of hydrogen-bond acceptors (Lipinski definition) is 4. The van der Waals surface area contributed by atoms with Crippen molar-refractivity contribution < 1.29 is 14.6 Å². The second-order valence-electron chi connectivity index (χ2n) is 5.28. The van der Waals surface area contributed by atoms with E-state index in [0.717, 1.165) is 35.3 Å². The Morgan fingerprint density at radius 3 is 2.71 bits per heavy atom. The molecule has 0 aliphatic rings.